The average Bonchev–Trinajstić information content (AvgIpc) is 3.15. The van der Waals surface area contributed by atoms with E-state index in [1.807, 2.05) is 3.28 Å². The molecule has 5 heteroatoms. The van der Waals surface area contributed by atoms with Gasteiger partial charge in [-0.1, -0.05) is 0 Å². The number of allylic oxidation sites excluding steroid dienone is 5. The zero-order valence-corrected chi connectivity index (χ0v) is 24.0. The Bertz CT molecular complexity index is 1130. The molecule has 0 saturated carbocycles. The van der Waals surface area contributed by atoms with Crippen LogP contribution in [-0.4, -0.2) is 5.43 Å². The van der Waals surface area contributed by atoms with Crippen LogP contribution in [0.3, 0.4) is 0 Å². The maximum absolute atomic E-state index is 14.2. The van der Waals surface area contributed by atoms with Crippen LogP contribution in [0.2, 0.25) is 13.1 Å². The van der Waals surface area contributed by atoms with E-state index in [1.165, 1.54) is 22.3 Å². The Hall–Kier alpha value is -0.730. The van der Waals surface area contributed by atoms with Crippen molar-refractivity contribution < 1.29 is 49.6 Å². The van der Waals surface area contributed by atoms with Crippen molar-refractivity contribution in [2.75, 3.05) is 0 Å². The Morgan fingerprint density at radius 2 is 1.55 bits per heavy atom. The summed E-state index contributed by atoms with van der Waals surface area (Å²) in [5.74, 6) is 0.454. The van der Waals surface area contributed by atoms with Crippen molar-refractivity contribution in [3.05, 3.63) is 97.1 Å². The van der Waals surface area contributed by atoms with Gasteiger partial charge in [0, 0.05) is 0 Å². The van der Waals surface area contributed by atoms with Gasteiger partial charge in [-0.3, -0.25) is 0 Å². The maximum Gasteiger partial charge on any atom is -1.00 e. The number of halogens is 3. The van der Waals surface area contributed by atoms with E-state index in [9.17, 15) is 4.39 Å². The molecule has 0 fully saturated rings. The minimum Gasteiger partial charge on any atom is -1.00 e. The summed E-state index contributed by atoms with van der Waals surface area (Å²) in [6.45, 7) is 14.4. The second-order valence-electron chi connectivity index (χ2n) is 8.64. The molecule has 0 spiro atoms. The third kappa shape index (κ3) is 4.67. The molecular weight excluding hydrogens is 522 g/mol. The number of benzene rings is 2. The molecule has 0 N–H and O–H groups in total. The van der Waals surface area contributed by atoms with E-state index in [4.69, 9.17) is 0 Å². The van der Waals surface area contributed by atoms with Crippen molar-refractivity contribution in [3.8, 4) is 0 Å². The van der Waals surface area contributed by atoms with Gasteiger partial charge in [0.15, 0.2) is 0 Å². The molecular formula is C26H29Cl2FSiZr. The summed E-state index contributed by atoms with van der Waals surface area (Å²) < 4.78 is 16.6. The van der Waals surface area contributed by atoms with E-state index in [-0.39, 0.29) is 30.6 Å². The van der Waals surface area contributed by atoms with Crippen LogP contribution in [-0.2, 0) is 20.4 Å². The Morgan fingerprint density at radius 3 is 2.10 bits per heavy atom. The second-order valence-corrected chi connectivity index (χ2v) is 26.1. The van der Waals surface area contributed by atoms with Gasteiger partial charge in [0.05, 0.1) is 0 Å². The first kappa shape index (κ1) is 26.5. The first-order valence-corrected chi connectivity index (χ1v) is 19.3. The van der Waals surface area contributed by atoms with Crippen LogP contribution in [0.15, 0.2) is 74.6 Å². The normalized spacial score (nSPS) is 19.2. The van der Waals surface area contributed by atoms with Crippen LogP contribution in [0.4, 0.5) is 4.39 Å². The van der Waals surface area contributed by atoms with Crippen molar-refractivity contribution in [1.29, 1.82) is 0 Å². The fourth-order valence-electron chi connectivity index (χ4n) is 5.03. The standard InChI is InChI=1S/C15H10F.C9H13.C2H6Si.2ClH.Zr/c16-13-8-6-12-7-9-14(15(12)10-13)11-4-2-1-3-5-11;1-6-5-7(2)9(4)8(6)3;1-3-2;;;/h1-10H;6H,1-4H3;1-2H3;2*1H;/q;;;;;+2/p-2. The molecule has 2 unspecified atom stereocenters. The predicted octanol–water partition coefficient (Wildman–Crippen LogP) is 1.45. The van der Waals surface area contributed by atoms with Crippen LogP contribution in [0.1, 0.15) is 48.0 Å². The minimum absolute atomic E-state index is 0. The minimum atomic E-state index is -2.02. The van der Waals surface area contributed by atoms with E-state index in [2.05, 4.69) is 83.3 Å². The maximum atomic E-state index is 14.2. The Labute approximate surface area is 206 Å². The third-order valence-electron chi connectivity index (χ3n) is 6.84. The Kier molecular flexibility index (Phi) is 8.96. The molecule has 162 valence electrons. The summed E-state index contributed by atoms with van der Waals surface area (Å²) in [5, 5.41) is 0. The molecule has 2 aliphatic carbocycles. The molecule has 0 amide bonds. The van der Waals surface area contributed by atoms with Crippen molar-refractivity contribution in [1.82, 2.24) is 0 Å². The zero-order chi connectivity index (χ0) is 20.9. The summed E-state index contributed by atoms with van der Waals surface area (Å²) >= 11 is -2.02. The molecule has 0 nitrogen and oxygen atoms in total. The first-order valence-electron chi connectivity index (χ1n) is 10.4. The summed E-state index contributed by atoms with van der Waals surface area (Å²) in [6.07, 6.45) is 2.52. The Balaban J connectivity index is 0.00000171. The van der Waals surface area contributed by atoms with E-state index >= 15 is 0 Å². The van der Waals surface area contributed by atoms with Crippen LogP contribution < -0.4 is 24.8 Å². The number of fused-ring (bicyclic) bond motifs is 1. The largest absolute Gasteiger partial charge is 1.00 e. The quantitative estimate of drug-likeness (QED) is 0.508. The summed E-state index contributed by atoms with van der Waals surface area (Å²) in [4.78, 5) is 0. The van der Waals surface area contributed by atoms with Crippen molar-refractivity contribution in [3.63, 3.8) is 0 Å². The second kappa shape index (κ2) is 10.5. The van der Waals surface area contributed by atoms with E-state index < -0.39 is 25.8 Å². The number of hydrogen-bond donors (Lipinski definition) is 0. The molecule has 0 aromatic heterocycles. The van der Waals surface area contributed by atoms with Gasteiger partial charge in [-0.15, -0.1) is 0 Å². The third-order valence-corrected chi connectivity index (χ3v) is 25.4. The molecule has 2 aromatic carbocycles. The fourth-order valence-corrected chi connectivity index (χ4v) is 24.7. The number of hydrogen-bond acceptors (Lipinski definition) is 0. The fraction of sp³-hybridized carbons (Fsp3) is 0.308. The zero-order valence-electron chi connectivity index (χ0n) is 19.0. The molecule has 0 bridgehead atoms. The molecule has 0 heterocycles. The van der Waals surface area contributed by atoms with Gasteiger partial charge in [0.25, 0.3) is 0 Å². The van der Waals surface area contributed by atoms with Gasteiger partial charge < -0.3 is 24.8 Å². The molecule has 31 heavy (non-hydrogen) atoms. The SMILES string of the molecule is CC1=C(C)C(C)[C]([Zr+2]([CH]2C=C(c3ccccc3)c3cc(F)ccc32)=[Si](C)C)=C1C.[Cl-].[Cl-]. The van der Waals surface area contributed by atoms with Gasteiger partial charge in [-0.05, 0) is 0 Å². The van der Waals surface area contributed by atoms with E-state index in [0.717, 1.165) is 5.56 Å². The monoisotopic (exact) mass is 548 g/mol. The molecule has 0 aliphatic heterocycles. The topological polar surface area (TPSA) is 0 Å². The molecule has 2 atom stereocenters. The number of rotatable bonds is 3. The van der Waals surface area contributed by atoms with Gasteiger partial charge >= 0.3 is 183 Å². The van der Waals surface area contributed by atoms with Crippen molar-refractivity contribution in [2.24, 2.45) is 5.92 Å². The van der Waals surface area contributed by atoms with Gasteiger partial charge in [-0.25, -0.2) is 0 Å². The summed E-state index contributed by atoms with van der Waals surface area (Å²) in [6, 6.07) is 16.0. The molecule has 0 radical (unpaired) electrons. The molecule has 2 aliphatic rings. The van der Waals surface area contributed by atoms with Crippen LogP contribution in [0, 0.1) is 11.7 Å². The van der Waals surface area contributed by atoms with Crippen molar-refractivity contribution in [2.45, 2.75) is 44.4 Å². The van der Waals surface area contributed by atoms with Gasteiger partial charge in [0.2, 0.25) is 0 Å². The van der Waals surface area contributed by atoms with Crippen molar-refractivity contribution >= 4 is 11.0 Å². The molecule has 0 saturated heterocycles. The average molecular weight is 551 g/mol. The predicted molar refractivity (Wildman–Crippen MR) is 120 cm³/mol. The van der Waals surface area contributed by atoms with E-state index in [1.54, 1.807) is 23.3 Å². The van der Waals surface area contributed by atoms with Gasteiger partial charge in [-0.2, -0.15) is 0 Å². The van der Waals surface area contributed by atoms with E-state index in [0.29, 0.717) is 9.54 Å². The Morgan fingerprint density at radius 1 is 0.903 bits per heavy atom. The molecule has 2 aromatic rings. The summed E-state index contributed by atoms with van der Waals surface area (Å²) in [7, 11) is 0. The first-order chi connectivity index (χ1) is 13.8. The molecule has 4 rings (SSSR count). The smallest absolute Gasteiger partial charge is 1.00 e. The van der Waals surface area contributed by atoms with Gasteiger partial charge in [0.1, 0.15) is 0 Å². The van der Waals surface area contributed by atoms with Crippen LogP contribution >= 0.6 is 0 Å². The van der Waals surface area contributed by atoms with Crippen LogP contribution in [0.25, 0.3) is 5.57 Å². The van der Waals surface area contributed by atoms with Crippen LogP contribution in [0.5, 0.6) is 0 Å². The summed E-state index contributed by atoms with van der Waals surface area (Å²) in [5.41, 5.74) is 9.15.